The number of pyridine rings is 1. The molecule has 1 fully saturated rings. The van der Waals surface area contributed by atoms with Crippen molar-refractivity contribution in [2.24, 2.45) is 5.92 Å². The second-order valence-corrected chi connectivity index (χ2v) is 8.38. The van der Waals surface area contributed by atoms with E-state index < -0.39 is 0 Å². The van der Waals surface area contributed by atoms with E-state index in [1.807, 2.05) is 24.3 Å². The van der Waals surface area contributed by atoms with E-state index in [0.717, 1.165) is 36.3 Å². The highest BCUT2D eigenvalue weighted by Gasteiger charge is 2.35. The highest BCUT2D eigenvalue weighted by atomic mass is 35.5. The van der Waals surface area contributed by atoms with Crippen molar-refractivity contribution in [3.63, 3.8) is 0 Å². The molecule has 0 radical (unpaired) electrons. The van der Waals surface area contributed by atoms with E-state index in [1.54, 1.807) is 12.4 Å². The van der Waals surface area contributed by atoms with Crippen molar-refractivity contribution in [2.75, 3.05) is 0 Å². The van der Waals surface area contributed by atoms with E-state index in [9.17, 15) is 4.79 Å². The van der Waals surface area contributed by atoms with Gasteiger partial charge >= 0.3 is 0 Å². The number of hydrogen-bond acceptors (Lipinski definition) is 2. The summed E-state index contributed by atoms with van der Waals surface area (Å²) in [6.45, 7) is 7.13. The number of carbonyl (C=O) groups is 1. The summed E-state index contributed by atoms with van der Waals surface area (Å²) >= 11 is 6.05. The minimum atomic E-state index is 0.0676. The van der Waals surface area contributed by atoms with Crippen LogP contribution in [0.15, 0.2) is 60.9 Å². The van der Waals surface area contributed by atoms with Crippen LogP contribution in [0.4, 0.5) is 0 Å². The minimum absolute atomic E-state index is 0.0676. The number of rotatable bonds is 6. The fourth-order valence-electron chi connectivity index (χ4n) is 4.21. The normalized spacial score (nSPS) is 22.4. The molecule has 3 nitrogen and oxygen atoms in total. The first kappa shape index (κ1) is 19.6. The van der Waals surface area contributed by atoms with Crippen molar-refractivity contribution in [3.8, 4) is 0 Å². The van der Waals surface area contributed by atoms with Crippen LogP contribution in [0.3, 0.4) is 0 Å². The number of halogens is 1. The summed E-state index contributed by atoms with van der Waals surface area (Å²) in [6.07, 6.45) is 8.02. The number of nitrogens with zero attached hydrogens (tertiary/aromatic N) is 1. The van der Waals surface area contributed by atoms with Crippen LogP contribution in [0.2, 0.25) is 5.02 Å². The van der Waals surface area contributed by atoms with Crippen molar-refractivity contribution in [1.82, 2.24) is 10.3 Å². The maximum Gasteiger partial charge on any atom is 0.220 e. The summed E-state index contributed by atoms with van der Waals surface area (Å²) in [5.41, 5.74) is 3.72. The van der Waals surface area contributed by atoms with Gasteiger partial charge in [0.15, 0.2) is 0 Å². The monoisotopic (exact) mass is 382 g/mol. The lowest BCUT2D eigenvalue weighted by Crippen LogP contribution is -2.32. The molecular weight excluding hydrogens is 356 g/mol. The third-order valence-electron chi connectivity index (χ3n) is 5.52. The summed E-state index contributed by atoms with van der Waals surface area (Å²) in [4.78, 5) is 16.2. The third-order valence-corrected chi connectivity index (χ3v) is 5.77. The molecule has 0 saturated heterocycles. The predicted molar refractivity (Wildman–Crippen MR) is 111 cm³/mol. The molecule has 1 aliphatic rings. The van der Waals surface area contributed by atoms with Crippen LogP contribution >= 0.6 is 11.6 Å². The Morgan fingerprint density at radius 1 is 1.26 bits per heavy atom. The topological polar surface area (TPSA) is 42.0 Å². The molecule has 3 rings (SSSR count). The Morgan fingerprint density at radius 3 is 2.67 bits per heavy atom. The lowest BCUT2D eigenvalue weighted by atomic mass is 9.65. The van der Waals surface area contributed by atoms with Gasteiger partial charge in [0.1, 0.15) is 0 Å². The van der Waals surface area contributed by atoms with Crippen LogP contribution in [0.1, 0.15) is 50.2 Å². The Labute approximate surface area is 166 Å². The molecule has 0 aliphatic heterocycles. The lowest BCUT2D eigenvalue weighted by Gasteiger charge is -2.40. The molecule has 2 unspecified atom stereocenters. The van der Waals surface area contributed by atoms with Gasteiger partial charge < -0.3 is 5.32 Å². The first-order valence-electron chi connectivity index (χ1n) is 9.53. The molecule has 1 aromatic carbocycles. The van der Waals surface area contributed by atoms with Crippen LogP contribution in [0, 0.1) is 5.92 Å². The molecule has 1 saturated carbocycles. The minimum Gasteiger partial charge on any atom is -0.352 e. The van der Waals surface area contributed by atoms with Gasteiger partial charge in [-0.3, -0.25) is 9.78 Å². The zero-order valence-corrected chi connectivity index (χ0v) is 16.6. The van der Waals surface area contributed by atoms with Crippen LogP contribution in [0.5, 0.6) is 0 Å². The average molecular weight is 383 g/mol. The third kappa shape index (κ3) is 5.43. The number of aromatic nitrogens is 1. The molecule has 1 amide bonds. The highest BCUT2D eigenvalue weighted by molar-refractivity contribution is 6.30. The van der Waals surface area contributed by atoms with Crippen LogP contribution in [-0.2, 0) is 16.8 Å². The van der Waals surface area contributed by atoms with Gasteiger partial charge in [0.2, 0.25) is 5.91 Å². The highest BCUT2D eigenvalue weighted by Crippen LogP contribution is 2.45. The van der Waals surface area contributed by atoms with Crippen molar-refractivity contribution in [1.29, 1.82) is 0 Å². The fourth-order valence-corrected chi connectivity index (χ4v) is 4.34. The van der Waals surface area contributed by atoms with Crippen LogP contribution in [-0.4, -0.2) is 10.9 Å². The fraction of sp³-hybridized carbons (Fsp3) is 0.391. The molecule has 1 aromatic heterocycles. The molecule has 0 spiro atoms. The van der Waals surface area contributed by atoms with Gasteiger partial charge in [0.25, 0.3) is 0 Å². The molecular formula is C23H27ClN2O. The van der Waals surface area contributed by atoms with Crippen molar-refractivity contribution in [3.05, 3.63) is 77.1 Å². The molecule has 27 heavy (non-hydrogen) atoms. The number of hydrogen-bond donors (Lipinski definition) is 1. The first-order valence-corrected chi connectivity index (χ1v) is 9.91. The summed E-state index contributed by atoms with van der Waals surface area (Å²) in [6, 6.07) is 12.0. The molecule has 142 valence electrons. The van der Waals surface area contributed by atoms with Crippen molar-refractivity contribution >= 4 is 17.5 Å². The number of amides is 1. The molecule has 2 aromatic rings. The van der Waals surface area contributed by atoms with Gasteiger partial charge in [0.05, 0.1) is 0 Å². The molecule has 1 N–H and O–H groups in total. The predicted octanol–water partition coefficient (Wildman–Crippen LogP) is 5.45. The van der Waals surface area contributed by atoms with E-state index in [0.29, 0.717) is 18.9 Å². The zero-order valence-electron chi connectivity index (χ0n) is 15.9. The van der Waals surface area contributed by atoms with Crippen molar-refractivity contribution in [2.45, 2.75) is 51.0 Å². The summed E-state index contributed by atoms with van der Waals surface area (Å²) in [7, 11) is 0. The van der Waals surface area contributed by atoms with E-state index in [-0.39, 0.29) is 11.3 Å². The Balaban J connectivity index is 1.54. The molecule has 0 bridgehead atoms. The van der Waals surface area contributed by atoms with Gasteiger partial charge in [-0.15, -0.1) is 0 Å². The standard InChI is InChI=1S/C23H27ClN2O/c1-17-13-19(3-8-22(27)26-16-18-9-11-25-12-10-18)15-23(2,14-17)20-4-6-21(24)7-5-20/h4-7,9-12,19H,1,3,8,13-16H2,2H3,(H,26,27). The molecule has 1 aliphatic carbocycles. The van der Waals surface area contributed by atoms with Gasteiger partial charge in [-0.1, -0.05) is 42.8 Å². The summed E-state index contributed by atoms with van der Waals surface area (Å²) in [5, 5.41) is 3.77. The number of nitrogens with one attached hydrogen (secondary N) is 1. The quantitative estimate of drug-likeness (QED) is 0.675. The van der Waals surface area contributed by atoms with Gasteiger partial charge in [-0.25, -0.2) is 0 Å². The molecule has 2 atom stereocenters. The molecule has 1 heterocycles. The Kier molecular flexibility index (Phi) is 6.33. The Morgan fingerprint density at radius 2 is 1.96 bits per heavy atom. The van der Waals surface area contributed by atoms with Gasteiger partial charge in [0, 0.05) is 30.4 Å². The van der Waals surface area contributed by atoms with E-state index >= 15 is 0 Å². The maximum absolute atomic E-state index is 12.2. The summed E-state index contributed by atoms with van der Waals surface area (Å²) in [5.74, 6) is 0.592. The first-order chi connectivity index (χ1) is 12.9. The lowest BCUT2D eigenvalue weighted by molar-refractivity contribution is -0.121. The number of allylic oxidation sites excluding steroid dienone is 1. The zero-order chi connectivity index (χ0) is 19.3. The SMILES string of the molecule is C=C1CC(CCC(=O)NCc2ccncc2)CC(C)(c2ccc(Cl)cc2)C1. The summed E-state index contributed by atoms with van der Waals surface area (Å²) < 4.78 is 0. The average Bonchev–Trinajstić information content (AvgIpc) is 2.65. The van der Waals surface area contributed by atoms with E-state index in [4.69, 9.17) is 11.6 Å². The van der Waals surface area contributed by atoms with Crippen LogP contribution < -0.4 is 5.32 Å². The Bertz CT molecular complexity index is 788. The van der Waals surface area contributed by atoms with Crippen LogP contribution in [0.25, 0.3) is 0 Å². The van der Waals surface area contributed by atoms with E-state index in [1.165, 1.54) is 11.1 Å². The van der Waals surface area contributed by atoms with E-state index in [2.05, 4.69) is 35.9 Å². The molecule has 4 heteroatoms. The van der Waals surface area contributed by atoms with Gasteiger partial charge in [-0.2, -0.15) is 0 Å². The number of benzene rings is 1. The maximum atomic E-state index is 12.2. The van der Waals surface area contributed by atoms with Crippen molar-refractivity contribution < 1.29 is 4.79 Å². The number of carbonyl (C=O) groups excluding carboxylic acids is 1. The second-order valence-electron chi connectivity index (χ2n) is 7.94. The smallest absolute Gasteiger partial charge is 0.220 e. The Hall–Kier alpha value is -2.13. The largest absolute Gasteiger partial charge is 0.352 e. The second kappa shape index (κ2) is 8.71. The van der Waals surface area contributed by atoms with Gasteiger partial charge in [-0.05, 0) is 72.4 Å².